The molecule has 7 heteroatoms. The quantitative estimate of drug-likeness (QED) is 0.527. The molecule has 0 aliphatic carbocycles. The number of rotatable bonds is 8. The molecule has 0 fully saturated rings. The largest absolute Gasteiger partial charge is 0.497 e. The molecule has 7 nitrogen and oxygen atoms in total. The Morgan fingerprint density at radius 2 is 1.79 bits per heavy atom. The highest BCUT2D eigenvalue weighted by atomic mass is 16.5. The van der Waals surface area contributed by atoms with Crippen LogP contribution in [0.3, 0.4) is 0 Å². The molecule has 3 rings (SSSR count). The van der Waals surface area contributed by atoms with Gasteiger partial charge in [0.15, 0.2) is 6.61 Å². The van der Waals surface area contributed by atoms with Gasteiger partial charge in [0.1, 0.15) is 23.1 Å². The second-order valence-corrected chi connectivity index (χ2v) is 7.78. The fraction of sp³-hybridized carbons (Fsp3) is 0.269. The lowest BCUT2D eigenvalue weighted by atomic mass is 10.0. The number of nitriles is 1. The second kappa shape index (κ2) is 10.0. The number of nitrogens with zero attached hydrogens (tertiary/aromatic N) is 2. The number of aromatic nitrogens is 1. The van der Waals surface area contributed by atoms with Gasteiger partial charge in [0.2, 0.25) is 11.7 Å². The van der Waals surface area contributed by atoms with Crippen LogP contribution in [0.4, 0.5) is 0 Å². The summed E-state index contributed by atoms with van der Waals surface area (Å²) in [5.41, 5.74) is 2.12. The van der Waals surface area contributed by atoms with Gasteiger partial charge in [0.25, 0.3) is 5.56 Å². The molecule has 0 atom stereocenters. The standard InChI is InChI=1S/C26H26N2O5/c1-16-6-5-7-23(17(16)2)33-15-22(29)24-18(3)21(14-27)25(30)28(26(24)31)13-12-19-8-10-20(32-4)11-9-19/h5-11,31H,12-13,15H2,1-4H3. The molecule has 0 spiro atoms. The third-order valence-electron chi connectivity index (χ3n) is 5.78. The summed E-state index contributed by atoms with van der Waals surface area (Å²) in [5, 5.41) is 20.4. The lowest BCUT2D eigenvalue weighted by molar-refractivity contribution is 0.0915. The van der Waals surface area contributed by atoms with Crippen LogP contribution in [0.5, 0.6) is 17.4 Å². The number of aryl methyl sites for hydroxylation is 2. The summed E-state index contributed by atoms with van der Waals surface area (Å²) in [7, 11) is 1.57. The Morgan fingerprint density at radius 1 is 1.09 bits per heavy atom. The van der Waals surface area contributed by atoms with Crippen molar-refractivity contribution >= 4 is 5.78 Å². The van der Waals surface area contributed by atoms with Crippen LogP contribution >= 0.6 is 0 Å². The molecule has 0 aliphatic rings. The zero-order valence-corrected chi connectivity index (χ0v) is 19.1. The van der Waals surface area contributed by atoms with Gasteiger partial charge in [0.05, 0.1) is 12.7 Å². The number of hydrogen-bond acceptors (Lipinski definition) is 6. The lowest BCUT2D eigenvalue weighted by Gasteiger charge is -2.16. The van der Waals surface area contributed by atoms with E-state index < -0.39 is 17.2 Å². The first kappa shape index (κ1) is 23.6. The predicted molar refractivity (Wildman–Crippen MR) is 124 cm³/mol. The number of carbonyl (C=O) groups excluding carboxylic acids is 1. The van der Waals surface area contributed by atoms with Gasteiger partial charge in [-0.15, -0.1) is 0 Å². The van der Waals surface area contributed by atoms with E-state index in [9.17, 15) is 20.0 Å². The fourth-order valence-electron chi connectivity index (χ4n) is 3.62. The smallest absolute Gasteiger partial charge is 0.271 e. The number of ketones is 1. The number of ether oxygens (including phenoxy) is 2. The maximum atomic E-state index is 13.0. The molecule has 2 aromatic carbocycles. The molecule has 1 aromatic heterocycles. The zero-order valence-electron chi connectivity index (χ0n) is 19.1. The van der Waals surface area contributed by atoms with Gasteiger partial charge < -0.3 is 14.6 Å². The van der Waals surface area contributed by atoms with Crippen molar-refractivity contribution in [2.75, 3.05) is 13.7 Å². The highest BCUT2D eigenvalue weighted by Crippen LogP contribution is 2.25. The van der Waals surface area contributed by atoms with Crippen LogP contribution in [0.2, 0.25) is 0 Å². The molecule has 0 saturated heterocycles. The normalized spacial score (nSPS) is 10.5. The Hall–Kier alpha value is -4.05. The number of hydrogen-bond donors (Lipinski definition) is 1. The third kappa shape index (κ3) is 4.90. The summed E-state index contributed by atoms with van der Waals surface area (Å²) in [4.78, 5) is 25.8. The van der Waals surface area contributed by atoms with E-state index in [4.69, 9.17) is 9.47 Å². The minimum absolute atomic E-state index is 0.0776. The van der Waals surface area contributed by atoms with Crippen LogP contribution in [-0.2, 0) is 13.0 Å². The molecule has 33 heavy (non-hydrogen) atoms. The van der Waals surface area contributed by atoms with Crippen LogP contribution in [0.1, 0.15) is 38.2 Å². The molecule has 1 heterocycles. The molecule has 0 saturated carbocycles. The molecule has 1 N–H and O–H groups in total. The van der Waals surface area contributed by atoms with Crippen LogP contribution in [0.25, 0.3) is 0 Å². The topological polar surface area (TPSA) is 102 Å². The van der Waals surface area contributed by atoms with E-state index in [1.54, 1.807) is 25.3 Å². The maximum Gasteiger partial charge on any atom is 0.271 e. The number of carbonyl (C=O) groups is 1. The average molecular weight is 447 g/mol. The number of benzene rings is 2. The monoisotopic (exact) mass is 446 g/mol. The van der Waals surface area contributed by atoms with Crippen LogP contribution in [-0.4, -0.2) is 29.2 Å². The summed E-state index contributed by atoms with van der Waals surface area (Å²) in [6.45, 7) is 5.09. The highest BCUT2D eigenvalue weighted by Gasteiger charge is 2.24. The first-order valence-electron chi connectivity index (χ1n) is 10.5. The summed E-state index contributed by atoms with van der Waals surface area (Å²) in [5.74, 6) is 0.298. The van der Waals surface area contributed by atoms with E-state index in [1.807, 2.05) is 44.2 Å². The Labute approximate surface area is 192 Å². The van der Waals surface area contributed by atoms with Crippen molar-refractivity contribution in [1.82, 2.24) is 4.57 Å². The molecule has 0 aliphatic heterocycles. The molecule has 0 unspecified atom stereocenters. The molecule has 0 amide bonds. The second-order valence-electron chi connectivity index (χ2n) is 7.78. The summed E-state index contributed by atoms with van der Waals surface area (Å²) in [6.07, 6.45) is 0.415. The molecule has 170 valence electrons. The Morgan fingerprint density at radius 3 is 2.42 bits per heavy atom. The van der Waals surface area contributed by atoms with Crippen LogP contribution in [0, 0.1) is 32.1 Å². The summed E-state index contributed by atoms with van der Waals surface area (Å²) >= 11 is 0. The van der Waals surface area contributed by atoms with E-state index in [1.165, 1.54) is 6.92 Å². The van der Waals surface area contributed by atoms with Gasteiger partial charge in [-0.3, -0.25) is 14.2 Å². The van der Waals surface area contributed by atoms with E-state index in [0.29, 0.717) is 17.9 Å². The van der Waals surface area contributed by atoms with Crippen molar-refractivity contribution in [3.05, 3.63) is 86.2 Å². The highest BCUT2D eigenvalue weighted by molar-refractivity contribution is 6.01. The van der Waals surface area contributed by atoms with Crippen LogP contribution in [0.15, 0.2) is 47.3 Å². The number of pyridine rings is 1. The molecular weight excluding hydrogens is 420 g/mol. The third-order valence-corrected chi connectivity index (χ3v) is 5.78. The van der Waals surface area contributed by atoms with Crippen molar-refractivity contribution in [1.29, 1.82) is 5.26 Å². The predicted octanol–water partition coefficient (Wildman–Crippen LogP) is 3.86. The van der Waals surface area contributed by atoms with Crippen molar-refractivity contribution in [3.8, 4) is 23.4 Å². The summed E-state index contributed by atoms with van der Waals surface area (Å²) in [6, 6.07) is 14.7. The van der Waals surface area contributed by atoms with E-state index in [0.717, 1.165) is 21.3 Å². The Kier molecular flexibility index (Phi) is 7.19. The van der Waals surface area contributed by atoms with E-state index >= 15 is 0 Å². The van der Waals surface area contributed by atoms with Crippen molar-refractivity contribution in [2.24, 2.45) is 0 Å². The van der Waals surface area contributed by atoms with Crippen LogP contribution < -0.4 is 15.0 Å². The van der Waals surface area contributed by atoms with Gasteiger partial charge in [-0.1, -0.05) is 24.3 Å². The molecule has 0 radical (unpaired) electrons. The first-order valence-corrected chi connectivity index (χ1v) is 10.5. The van der Waals surface area contributed by atoms with Crippen molar-refractivity contribution in [2.45, 2.75) is 33.7 Å². The van der Waals surface area contributed by atoms with Gasteiger partial charge in [0, 0.05) is 6.54 Å². The first-order chi connectivity index (χ1) is 15.8. The van der Waals surface area contributed by atoms with Crippen molar-refractivity contribution in [3.63, 3.8) is 0 Å². The van der Waals surface area contributed by atoms with E-state index in [2.05, 4.69) is 0 Å². The fourth-order valence-corrected chi connectivity index (χ4v) is 3.62. The van der Waals surface area contributed by atoms with Gasteiger partial charge in [-0.2, -0.15) is 5.26 Å². The molecule has 3 aromatic rings. The molecular formula is C26H26N2O5. The minimum atomic E-state index is -0.631. The molecule has 0 bridgehead atoms. The maximum absolute atomic E-state index is 13.0. The number of methoxy groups -OCH3 is 1. The Balaban J connectivity index is 1.90. The van der Waals surface area contributed by atoms with Gasteiger partial charge in [-0.05, 0) is 67.6 Å². The SMILES string of the molecule is COc1ccc(CCn2c(O)c(C(=O)COc3cccc(C)c3C)c(C)c(C#N)c2=O)cc1. The number of aromatic hydroxyl groups is 1. The number of Topliss-reactive ketones (excluding diaryl/α,β-unsaturated/α-hetero) is 1. The Bertz CT molecular complexity index is 1280. The average Bonchev–Trinajstić information content (AvgIpc) is 2.80. The lowest BCUT2D eigenvalue weighted by Crippen LogP contribution is -2.28. The zero-order chi connectivity index (χ0) is 24.1. The van der Waals surface area contributed by atoms with Crippen molar-refractivity contribution < 1.29 is 19.4 Å². The summed E-state index contributed by atoms with van der Waals surface area (Å²) < 4.78 is 11.9. The van der Waals surface area contributed by atoms with Gasteiger partial charge in [-0.25, -0.2) is 0 Å². The van der Waals surface area contributed by atoms with E-state index in [-0.39, 0.29) is 29.8 Å². The van der Waals surface area contributed by atoms with Gasteiger partial charge >= 0.3 is 0 Å². The minimum Gasteiger partial charge on any atom is -0.497 e.